The van der Waals surface area contributed by atoms with Crippen LogP contribution in [0, 0.1) is 0 Å². The highest BCUT2D eigenvalue weighted by Crippen LogP contribution is 2.31. The summed E-state index contributed by atoms with van der Waals surface area (Å²) in [5, 5.41) is 3.32. The summed E-state index contributed by atoms with van der Waals surface area (Å²) < 4.78 is 44.5. The van der Waals surface area contributed by atoms with Gasteiger partial charge in [0.25, 0.3) is 5.91 Å². The normalized spacial score (nSPS) is 13.4. The number of rotatable bonds is 5. The molecule has 2 heterocycles. The fourth-order valence-corrected chi connectivity index (χ4v) is 4.21. The number of alkyl halides is 3. The van der Waals surface area contributed by atoms with E-state index in [4.69, 9.17) is 9.72 Å². The first-order chi connectivity index (χ1) is 16.9. The quantitative estimate of drug-likeness (QED) is 0.393. The van der Waals surface area contributed by atoms with Crippen LogP contribution < -0.4 is 15.0 Å². The molecule has 0 spiro atoms. The van der Waals surface area contributed by atoms with Crippen molar-refractivity contribution in [1.82, 2.24) is 4.98 Å². The number of fused-ring (bicyclic) bond motifs is 2. The van der Waals surface area contributed by atoms with E-state index in [1.165, 1.54) is 23.3 Å². The minimum absolute atomic E-state index is 0.0529. The fourth-order valence-electron chi connectivity index (χ4n) is 4.21. The SMILES string of the molecule is O=C(COc1cccc2ccc(N3CCc4ccccc4C3)nc12)Nc1cccc(C(F)(F)F)c1. The van der Waals surface area contributed by atoms with Gasteiger partial charge in [-0.3, -0.25) is 4.79 Å². The van der Waals surface area contributed by atoms with E-state index in [-0.39, 0.29) is 12.3 Å². The molecule has 0 saturated heterocycles. The monoisotopic (exact) mass is 477 g/mol. The van der Waals surface area contributed by atoms with Gasteiger partial charge in [-0.05, 0) is 53.9 Å². The Hall–Kier alpha value is -4.07. The van der Waals surface area contributed by atoms with Crippen LogP contribution >= 0.6 is 0 Å². The molecule has 1 aliphatic heterocycles. The third kappa shape index (κ3) is 5.06. The van der Waals surface area contributed by atoms with Crippen LogP contribution in [0.25, 0.3) is 10.9 Å². The molecule has 0 saturated carbocycles. The van der Waals surface area contributed by atoms with Gasteiger partial charge in [0.1, 0.15) is 17.1 Å². The molecule has 178 valence electrons. The molecule has 0 unspecified atom stereocenters. The maximum absolute atomic E-state index is 12.9. The molecule has 5 nitrogen and oxygen atoms in total. The zero-order valence-corrected chi connectivity index (χ0v) is 18.7. The number of nitrogens with one attached hydrogen (secondary N) is 1. The van der Waals surface area contributed by atoms with E-state index >= 15 is 0 Å². The third-order valence-electron chi connectivity index (χ3n) is 5.96. The third-order valence-corrected chi connectivity index (χ3v) is 5.96. The molecule has 0 aliphatic carbocycles. The van der Waals surface area contributed by atoms with Crippen molar-refractivity contribution < 1.29 is 22.7 Å². The zero-order valence-electron chi connectivity index (χ0n) is 18.7. The first kappa shape index (κ1) is 22.7. The summed E-state index contributed by atoms with van der Waals surface area (Å²) in [7, 11) is 0. The van der Waals surface area contributed by atoms with Crippen LogP contribution in [0.2, 0.25) is 0 Å². The number of nitrogens with zero attached hydrogens (tertiary/aromatic N) is 2. The fraction of sp³-hybridized carbons (Fsp3) is 0.185. The lowest BCUT2D eigenvalue weighted by Gasteiger charge is -2.30. The number of carbonyl (C=O) groups excluding carboxylic acids is 1. The second-order valence-electron chi connectivity index (χ2n) is 8.35. The lowest BCUT2D eigenvalue weighted by atomic mass is 10.00. The highest BCUT2D eigenvalue weighted by molar-refractivity contribution is 5.92. The summed E-state index contributed by atoms with van der Waals surface area (Å²) in [5.74, 6) is 0.683. The number of anilines is 2. The molecule has 8 heteroatoms. The van der Waals surface area contributed by atoms with E-state index in [1.807, 2.05) is 24.3 Å². The molecular weight excluding hydrogens is 455 g/mol. The predicted molar refractivity (Wildman–Crippen MR) is 129 cm³/mol. The van der Waals surface area contributed by atoms with Gasteiger partial charge in [0.05, 0.1) is 5.56 Å². The number of benzene rings is 3. The highest BCUT2D eigenvalue weighted by Gasteiger charge is 2.30. The second-order valence-corrected chi connectivity index (χ2v) is 8.35. The minimum atomic E-state index is -4.49. The Balaban J connectivity index is 1.31. The highest BCUT2D eigenvalue weighted by atomic mass is 19.4. The number of halogens is 3. The van der Waals surface area contributed by atoms with Crippen molar-refractivity contribution in [2.45, 2.75) is 19.1 Å². The average molecular weight is 477 g/mol. The molecule has 5 rings (SSSR count). The summed E-state index contributed by atoms with van der Waals surface area (Å²) in [6.07, 6.45) is -3.55. The van der Waals surface area contributed by atoms with Gasteiger partial charge in [-0.15, -0.1) is 0 Å². The van der Waals surface area contributed by atoms with E-state index in [0.29, 0.717) is 11.3 Å². The molecule has 0 atom stereocenters. The van der Waals surface area contributed by atoms with Crippen LogP contribution in [0.15, 0.2) is 78.9 Å². The Kier molecular flexibility index (Phi) is 6.03. The van der Waals surface area contributed by atoms with Crippen molar-refractivity contribution in [2.75, 3.05) is 23.4 Å². The van der Waals surface area contributed by atoms with E-state index < -0.39 is 17.6 Å². The summed E-state index contributed by atoms with van der Waals surface area (Å²) in [4.78, 5) is 19.4. The number of hydrogen-bond acceptors (Lipinski definition) is 4. The number of para-hydroxylation sites is 1. The first-order valence-corrected chi connectivity index (χ1v) is 11.2. The molecule has 35 heavy (non-hydrogen) atoms. The lowest BCUT2D eigenvalue weighted by molar-refractivity contribution is -0.137. The summed E-state index contributed by atoms with van der Waals surface area (Å²) in [6, 6.07) is 22.2. The maximum atomic E-state index is 12.9. The van der Waals surface area contributed by atoms with Crippen LogP contribution in [0.1, 0.15) is 16.7 Å². The maximum Gasteiger partial charge on any atom is 0.416 e. The number of aromatic nitrogens is 1. The molecular formula is C27H22F3N3O2. The van der Waals surface area contributed by atoms with E-state index in [1.54, 1.807) is 12.1 Å². The summed E-state index contributed by atoms with van der Waals surface area (Å²) in [6.45, 7) is 1.24. The van der Waals surface area contributed by atoms with Gasteiger partial charge < -0.3 is 15.0 Å². The molecule has 1 aromatic heterocycles. The van der Waals surface area contributed by atoms with Crippen molar-refractivity contribution >= 4 is 28.3 Å². The Labute approximate surface area is 200 Å². The van der Waals surface area contributed by atoms with Gasteiger partial charge in [0.15, 0.2) is 6.61 Å². The average Bonchev–Trinajstić information content (AvgIpc) is 2.86. The van der Waals surface area contributed by atoms with Gasteiger partial charge >= 0.3 is 6.18 Å². The van der Waals surface area contributed by atoms with Crippen molar-refractivity contribution in [3.05, 3.63) is 95.6 Å². The van der Waals surface area contributed by atoms with Gasteiger partial charge in [-0.1, -0.05) is 42.5 Å². The zero-order chi connectivity index (χ0) is 24.4. The van der Waals surface area contributed by atoms with Crippen LogP contribution in [0.3, 0.4) is 0 Å². The van der Waals surface area contributed by atoms with Crippen LogP contribution in [0.4, 0.5) is 24.7 Å². The molecule has 1 aliphatic rings. The lowest BCUT2D eigenvalue weighted by Crippen LogP contribution is -2.30. The van der Waals surface area contributed by atoms with Crippen LogP contribution in [-0.2, 0) is 23.9 Å². The molecule has 0 radical (unpaired) electrons. The molecule has 3 aromatic carbocycles. The number of amides is 1. The summed E-state index contributed by atoms with van der Waals surface area (Å²) in [5.41, 5.74) is 2.46. The Morgan fingerprint density at radius 2 is 1.77 bits per heavy atom. The minimum Gasteiger partial charge on any atom is -0.481 e. The molecule has 1 N–H and O–H groups in total. The van der Waals surface area contributed by atoms with Crippen molar-refractivity contribution in [2.24, 2.45) is 0 Å². The van der Waals surface area contributed by atoms with Crippen molar-refractivity contribution in [3.63, 3.8) is 0 Å². The molecule has 4 aromatic rings. The largest absolute Gasteiger partial charge is 0.481 e. The molecule has 1 amide bonds. The molecule has 0 bridgehead atoms. The van der Waals surface area contributed by atoms with E-state index in [0.717, 1.165) is 42.8 Å². The van der Waals surface area contributed by atoms with Crippen molar-refractivity contribution in [3.8, 4) is 5.75 Å². The number of pyridine rings is 1. The number of ether oxygens (including phenoxy) is 1. The van der Waals surface area contributed by atoms with E-state index in [2.05, 4.69) is 28.4 Å². The van der Waals surface area contributed by atoms with Crippen LogP contribution in [0.5, 0.6) is 5.75 Å². The van der Waals surface area contributed by atoms with Crippen LogP contribution in [-0.4, -0.2) is 24.0 Å². The Morgan fingerprint density at radius 1 is 0.971 bits per heavy atom. The first-order valence-electron chi connectivity index (χ1n) is 11.2. The van der Waals surface area contributed by atoms with Crippen molar-refractivity contribution in [1.29, 1.82) is 0 Å². The molecule has 0 fully saturated rings. The van der Waals surface area contributed by atoms with E-state index in [9.17, 15) is 18.0 Å². The van der Waals surface area contributed by atoms with Gasteiger partial charge in [-0.2, -0.15) is 13.2 Å². The smallest absolute Gasteiger partial charge is 0.416 e. The summed E-state index contributed by atoms with van der Waals surface area (Å²) >= 11 is 0. The second kappa shape index (κ2) is 9.29. The van der Waals surface area contributed by atoms with Gasteiger partial charge in [0, 0.05) is 24.2 Å². The predicted octanol–water partition coefficient (Wildman–Crippen LogP) is 5.83. The Morgan fingerprint density at radius 3 is 2.60 bits per heavy atom. The topological polar surface area (TPSA) is 54.5 Å². The van der Waals surface area contributed by atoms with Gasteiger partial charge in [0.2, 0.25) is 0 Å². The number of carbonyl (C=O) groups is 1. The Bertz CT molecular complexity index is 1390. The standard InChI is InChI=1S/C27H22F3N3O2/c28-27(29,30)21-8-4-9-22(15-21)31-25(34)17-35-23-10-3-7-19-11-12-24(32-26(19)23)33-14-13-18-5-1-2-6-20(18)16-33/h1-12,15H,13-14,16-17H2,(H,31,34). The number of hydrogen-bond donors (Lipinski definition) is 1. The van der Waals surface area contributed by atoms with Gasteiger partial charge in [-0.25, -0.2) is 4.98 Å².